The smallest absolute Gasteiger partial charge is 0.330 e. The molecule has 0 saturated heterocycles. The van der Waals surface area contributed by atoms with Crippen LogP contribution >= 0.6 is 0 Å². The maximum atomic E-state index is 11.2. The summed E-state index contributed by atoms with van der Waals surface area (Å²) in [7, 11) is 1.64. The van der Waals surface area contributed by atoms with Gasteiger partial charge >= 0.3 is 5.97 Å². The minimum atomic E-state index is -0.279. The molecule has 0 amide bonds. The number of hydrogen-bond donors (Lipinski definition) is 0. The zero-order valence-corrected chi connectivity index (χ0v) is 10.5. The van der Waals surface area contributed by atoms with Crippen LogP contribution in [0.3, 0.4) is 0 Å². The Bertz CT molecular complexity index is 386. The van der Waals surface area contributed by atoms with Crippen molar-refractivity contribution in [1.29, 1.82) is 0 Å². The highest BCUT2D eigenvalue weighted by atomic mass is 16.5. The number of rotatable bonds is 5. The van der Waals surface area contributed by atoms with Crippen molar-refractivity contribution in [3.05, 3.63) is 41.5 Å². The third-order valence-corrected chi connectivity index (χ3v) is 2.20. The Kier molecular flexibility index (Phi) is 5.27. The van der Waals surface area contributed by atoms with Gasteiger partial charge in [0.2, 0.25) is 0 Å². The topological polar surface area (TPSA) is 35.5 Å². The van der Waals surface area contributed by atoms with Crippen LogP contribution < -0.4 is 4.74 Å². The maximum absolute atomic E-state index is 11.2. The van der Waals surface area contributed by atoms with E-state index in [0.717, 1.165) is 16.9 Å². The molecule has 0 spiro atoms. The minimum Gasteiger partial charge on any atom is -0.497 e. The highest BCUT2D eigenvalue weighted by Crippen LogP contribution is 2.11. The average Bonchev–Trinajstić information content (AvgIpc) is 2.29. The van der Waals surface area contributed by atoms with Gasteiger partial charge in [0.1, 0.15) is 5.75 Å². The predicted octanol–water partition coefficient (Wildman–Crippen LogP) is 2.75. The summed E-state index contributed by atoms with van der Waals surface area (Å²) < 4.78 is 10.1. The van der Waals surface area contributed by atoms with E-state index in [0.29, 0.717) is 13.0 Å². The normalized spacial score (nSPS) is 9.59. The molecular weight excluding hydrogens is 216 g/mol. The molecule has 0 aliphatic heterocycles. The highest BCUT2D eigenvalue weighted by molar-refractivity contribution is 5.82. The van der Waals surface area contributed by atoms with Crippen molar-refractivity contribution in [2.75, 3.05) is 13.7 Å². The molecular formula is C14H18O3. The quantitative estimate of drug-likeness (QED) is 0.580. The molecule has 3 nitrogen and oxygen atoms in total. The summed E-state index contributed by atoms with van der Waals surface area (Å²) in [6.07, 6.45) is 2.21. The van der Waals surface area contributed by atoms with Crippen molar-refractivity contribution >= 4 is 5.97 Å². The highest BCUT2D eigenvalue weighted by Gasteiger charge is 1.99. The Morgan fingerprint density at radius 2 is 1.88 bits per heavy atom. The Labute approximate surface area is 102 Å². The second-order valence-corrected chi connectivity index (χ2v) is 3.99. The SMILES string of the molecule is COc1ccc(CCOC(=O)C=C(C)C)cc1. The van der Waals surface area contributed by atoms with Gasteiger partial charge in [-0.1, -0.05) is 17.7 Å². The summed E-state index contributed by atoms with van der Waals surface area (Å²) in [5, 5.41) is 0. The van der Waals surface area contributed by atoms with Crippen LogP contribution in [0.15, 0.2) is 35.9 Å². The fraction of sp³-hybridized carbons (Fsp3) is 0.357. The maximum Gasteiger partial charge on any atom is 0.330 e. The van der Waals surface area contributed by atoms with E-state index in [1.807, 2.05) is 38.1 Å². The van der Waals surface area contributed by atoms with Crippen LogP contribution in [0, 0.1) is 0 Å². The average molecular weight is 234 g/mol. The van der Waals surface area contributed by atoms with Crippen LogP contribution in [0.5, 0.6) is 5.75 Å². The lowest BCUT2D eigenvalue weighted by molar-refractivity contribution is -0.137. The Morgan fingerprint density at radius 3 is 2.41 bits per heavy atom. The van der Waals surface area contributed by atoms with Crippen molar-refractivity contribution in [3.63, 3.8) is 0 Å². The van der Waals surface area contributed by atoms with Crippen LogP contribution in [0.4, 0.5) is 0 Å². The molecule has 0 heterocycles. The van der Waals surface area contributed by atoms with Crippen LogP contribution in [-0.2, 0) is 16.0 Å². The van der Waals surface area contributed by atoms with Gasteiger partial charge in [-0.2, -0.15) is 0 Å². The third-order valence-electron chi connectivity index (χ3n) is 2.20. The zero-order valence-electron chi connectivity index (χ0n) is 10.5. The van der Waals surface area contributed by atoms with Crippen molar-refractivity contribution < 1.29 is 14.3 Å². The first-order valence-corrected chi connectivity index (χ1v) is 5.56. The van der Waals surface area contributed by atoms with E-state index in [1.165, 1.54) is 6.08 Å². The molecule has 0 atom stereocenters. The fourth-order valence-corrected chi connectivity index (χ4v) is 1.34. The first-order chi connectivity index (χ1) is 8.11. The van der Waals surface area contributed by atoms with Crippen molar-refractivity contribution in [2.45, 2.75) is 20.3 Å². The first kappa shape index (κ1) is 13.3. The van der Waals surface area contributed by atoms with Gasteiger partial charge in [0, 0.05) is 12.5 Å². The van der Waals surface area contributed by atoms with Crippen LogP contribution in [0.1, 0.15) is 19.4 Å². The van der Waals surface area contributed by atoms with E-state index in [2.05, 4.69) is 0 Å². The van der Waals surface area contributed by atoms with E-state index in [4.69, 9.17) is 9.47 Å². The standard InChI is InChI=1S/C14H18O3/c1-11(2)10-14(15)17-9-8-12-4-6-13(16-3)7-5-12/h4-7,10H,8-9H2,1-3H3. The molecule has 3 heteroatoms. The third kappa shape index (κ3) is 5.20. The number of esters is 1. The molecule has 0 bridgehead atoms. The van der Waals surface area contributed by atoms with Crippen molar-refractivity contribution in [1.82, 2.24) is 0 Å². The van der Waals surface area contributed by atoms with Gasteiger partial charge < -0.3 is 9.47 Å². The molecule has 1 rings (SSSR count). The molecule has 0 aliphatic carbocycles. The van der Waals surface area contributed by atoms with Gasteiger partial charge in [0.25, 0.3) is 0 Å². The number of benzene rings is 1. The number of carbonyl (C=O) groups is 1. The second-order valence-electron chi connectivity index (χ2n) is 3.99. The summed E-state index contributed by atoms with van der Waals surface area (Å²) in [5.74, 6) is 0.550. The van der Waals surface area contributed by atoms with Crippen molar-refractivity contribution in [3.8, 4) is 5.75 Å². The lowest BCUT2D eigenvalue weighted by atomic mass is 10.1. The molecule has 0 N–H and O–H groups in total. The Morgan fingerprint density at radius 1 is 1.24 bits per heavy atom. The summed E-state index contributed by atoms with van der Waals surface area (Å²) in [4.78, 5) is 11.2. The molecule has 0 fully saturated rings. The van der Waals surface area contributed by atoms with Gasteiger partial charge in [-0.05, 0) is 31.5 Å². The zero-order chi connectivity index (χ0) is 12.7. The molecule has 0 saturated carbocycles. The number of methoxy groups -OCH3 is 1. The molecule has 0 aliphatic rings. The van der Waals surface area contributed by atoms with Gasteiger partial charge in [-0.3, -0.25) is 0 Å². The van der Waals surface area contributed by atoms with Gasteiger partial charge in [0.15, 0.2) is 0 Å². The van der Waals surface area contributed by atoms with E-state index in [9.17, 15) is 4.79 Å². The largest absolute Gasteiger partial charge is 0.497 e. The molecule has 1 aromatic carbocycles. The number of ether oxygens (including phenoxy) is 2. The molecule has 0 aromatic heterocycles. The van der Waals surface area contributed by atoms with E-state index < -0.39 is 0 Å². The molecule has 1 aromatic rings. The fourth-order valence-electron chi connectivity index (χ4n) is 1.34. The number of hydrogen-bond acceptors (Lipinski definition) is 3. The lowest BCUT2D eigenvalue weighted by Crippen LogP contribution is -2.05. The molecule has 0 unspecified atom stereocenters. The van der Waals surface area contributed by atoms with E-state index in [1.54, 1.807) is 7.11 Å². The number of allylic oxidation sites excluding steroid dienone is 1. The first-order valence-electron chi connectivity index (χ1n) is 5.56. The van der Waals surface area contributed by atoms with Gasteiger partial charge in [0.05, 0.1) is 13.7 Å². The molecule has 92 valence electrons. The van der Waals surface area contributed by atoms with Gasteiger partial charge in [-0.25, -0.2) is 4.79 Å². The number of carbonyl (C=O) groups excluding carboxylic acids is 1. The van der Waals surface area contributed by atoms with Crippen molar-refractivity contribution in [2.24, 2.45) is 0 Å². The summed E-state index contributed by atoms with van der Waals surface area (Å²) in [5.41, 5.74) is 2.07. The van der Waals surface area contributed by atoms with Crippen LogP contribution in [-0.4, -0.2) is 19.7 Å². The predicted molar refractivity (Wildman–Crippen MR) is 67.1 cm³/mol. The van der Waals surface area contributed by atoms with E-state index >= 15 is 0 Å². The lowest BCUT2D eigenvalue weighted by Gasteiger charge is -2.04. The minimum absolute atomic E-state index is 0.279. The summed E-state index contributed by atoms with van der Waals surface area (Å²) in [6.45, 7) is 4.13. The van der Waals surface area contributed by atoms with Crippen LogP contribution in [0.2, 0.25) is 0 Å². The second kappa shape index (κ2) is 6.74. The van der Waals surface area contributed by atoms with E-state index in [-0.39, 0.29) is 5.97 Å². The Balaban J connectivity index is 2.35. The summed E-state index contributed by atoms with van der Waals surface area (Å²) >= 11 is 0. The monoisotopic (exact) mass is 234 g/mol. The molecule has 0 radical (unpaired) electrons. The van der Waals surface area contributed by atoms with Gasteiger partial charge in [-0.15, -0.1) is 0 Å². The summed E-state index contributed by atoms with van der Waals surface area (Å²) in [6, 6.07) is 7.72. The molecule has 17 heavy (non-hydrogen) atoms. The van der Waals surface area contributed by atoms with Crippen LogP contribution in [0.25, 0.3) is 0 Å². The Hall–Kier alpha value is -1.77.